The number of benzene rings is 2. The quantitative estimate of drug-likeness (QED) is 0.309. The van der Waals surface area contributed by atoms with Gasteiger partial charge in [-0.05, 0) is 30.3 Å². The van der Waals surface area contributed by atoms with Crippen molar-refractivity contribution in [3.8, 4) is 5.75 Å². The molecule has 0 aliphatic heterocycles. The minimum Gasteiger partial charge on any atom is -0.406 e. The molecule has 0 radical (unpaired) electrons. The predicted molar refractivity (Wildman–Crippen MR) is 125 cm³/mol. The van der Waals surface area contributed by atoms with Crippen LogP contribution in [0.15, 0.2) is 36.4 Å². The van der Waals surface area contributed by atoms with Crippen LogP contribution in [0.1, 0.15) is 10.4 Å². The lowest BCUT2D eigenvalue weighted by atomic mass is 10.2. The summed E-state index contributed by atoms with van der Waals surface area (Å²) in [5.41, 5.74) is 2.36. The van der Waals surface area contributed by atoms with Gasteiger partial charge in [0.05, 0.1) is 41.1 Å². The Morgan fingerprint density at radius 1 is 1.09 bits per heavy atom. The first-order valence-electron chi connectivity index (χ1n) is 10.5. The first kappa shape index (κ1) is 24.7. The largest absolute Gasteiger partial charge is 0.573 e. The van der Waals surface area contributed by atoms with Gasteiger partial charge in [0.2, 0.25) is 5.95 Å². The highest BCUT2D eigenvalue weighted by molar-refractivity contribution is 7.22. The average molecular weight is 510 g/mol. The Morgan fingerprint density at radius 3 is 2.69 bits per heavy atom. The standard InChI is InChI=1S/C22H22F3N5O4S/c1-30-17-6-3-13(19(31)26-7-8-33-10-9-32-2)11-16(17)27-20(30)29-21-28-15-5-4-14(12-18(15)35-21)34-22(23,24)25/h3-6,11-12H,7-10H2,1-2H3,(H,26,31)(H,27,28,29). The summed E-state index contributed by atoms with van der Waals surface area (Å²) in [6, 6.07) is 9.13. The lowest BCUT2D eigenvalue weighted by Gasteiger charge is -2.07. The van der Waals surface area contributed by atoms with Gasteiger partial charge < -0.3 is 29.4 Å². The molecule has 2 heterocycles. The summed E-state index contributed by atoms with van der Waals surface area (Å²) < 4.78 is 54.0. The number of rotatable bonds is 10. The molecule has 0 spiro atoms. The molecule has 35 heavy (non-hydrogen) atoms. The number of nitrogens with zero attached hydrogens (tertiary/aromatic N) is 3. The number of ether oxygens (including phenoxy) is 3. The van der Waals surface area contributed by atoms with Gasteiger partial charge in [-0.1, -0.05) is 11.3 Å². The molecule has 4 aromatic rings. The van der Waals surface area contributed by atoms with E-state index < -0.39 is 6.36 Å². The lowest BCUT2D eigenvalue weighted by molar-refractivity contribution is -0.274. The van der Waals surface area contributed by atoms with Crippen molar-refractivity contribution in [3.05, 3.63) is 42.0 Å². The Bertz CT molecular complexity index is 1340. The molecule has 0 atom stereocenters. The number of anilines is 2. The fourth-order valence-electron chi connectivity index (χ4n) is 3.29. The lowest BCUT2D eigenvalue weighted by Crippen LogP contribution is -2.27. The molecule has 2 aromatic carbocycles. The molecule has 2 N–H and O–H groups in total. The molecule has 186 valence electrons. The Balaban J connectivity index is 1.45. The van der Waals surface area contributed by atoms with E-state index in [0.29, 0.717) is 58.7 Å². The van der Waals surface area contributed by atoms with Crippen molar-refractivity contribution in [2.24, 2.45) is 7.05 Å². The molecule has 0 unspecified atom stereocenters. The molecule has 4 rings (SSSR count). The molecule has 2 aromatic heterocycles. The molecule has 0 aliphatic rings. The Labute approximate surface area is 201 Å². The number of carbonyl (C=O) groups is 1. The number of nitrogens with one attached hydrogen (secondary N) is 2. The van der Waals surface area contributed by atoms with Gasteiger partial charge in [-0.15, -0.1) is 13.2 Å². The second-order valence-corrected chi connectivity index (χ2v) is 8.41. The molecule has 0 fully saturated rings. The fraction of sp³-hybridized carbons (Fsp3) is 0.318. The maximum atomic E-state index is 12.5. The third-order valence-electron chi connectivity index (χ3n) is 4.92. The number of alkyl halides is 3. The summed E-state index contributed by atoms with van der Waals surface area (Å²) in [7, 11) is 3.39. The van der Waals surface area contributed by atoms with Crippen molar-refractivity contribution in [3.63, 3.8) is 0 Å². The van der Waals surface area contributed by atoms with Crippen LogP contribution in [-0.4, -0.2) is 60.3 Å². The van der Waals surface area contributed by atoms with Gasteiger partial charge in [0.15, 0.2) is 5.13 Å². The normalized spacial score (nSPS) is 11.8. The van der Waals surface area contributed by atoms with Gasteiger partial charge in [0.1, 0.15) is 5.75 Å². The van der Waals surface area contributed by atoms with E-state index in [-0.39, 0.29) is 11.7 Å². The van der Waals surface area contributed by atoms with Gasteiger partial charge in [-0.3, -0.25) is 4.79 Å². The number of thiazole rings is 1. The van der Waals surface area contributed by atoms with Gasteiger partial charge >= 0.3 is 6.36 Å². The van der Waals surface area contributed by atoms with Crippen LogP contribution in [-0.2, 0) is 16.5 Å². The fourth-order valence-corrected chi connectivity index (χ4v) is 4.18. The van der Waals surface area contributed by atoms with E-state index >= 15 is 0 Å². The second-order valence-electron chi connectivity index (χ2n) is 7.38. The summed E-state index contributed by atoms with van der Waals surface area (Å²) in [6.45, 7) is 1.69. The van der Waals surface area contributed by atoms with E-state index in [2.05, 4.69) is 25.3 Å². The highest BCUT2D eigenvalue weighted by Gasteiger charge is 2.31. The molecule has 1 amide bonds. The maximum Gasteiger partial charge on any atom is 0.573 e. The smallest absolute Gasteiger partial charge is 0.406 e. The number of halogens is 3. The Hall–Kier alpha value is -3.42. The van der Waals surface area contributed by atoms with Crippen LogP contribution >= 0.6 is 11.3 Å². The number of aryl methyl sites for hydroxylation is 1. The van der Waals surface area contributed by atoms with Gasteiger partial charge in [-0.25, -0.2) is 9.97 Å². The van der Waals surface area contributed by atoms with Crippen molar-refractivity contribution >= 4 is 49.6 Å². The third kappa shape index (κ3) is 6.18. The van der Waals surface area contributed by atoms with E-state index in [1.807, 2.05) is 0 Å². The predicted octanol–water partition coefficient (Wildman–Crippen LogP) is 4.22. The highest BCUT2D eigenvalue weighted by Crippen LogP contribution is 2.33. The topological polar surface area (TPSA) is 99.5 Å². The Morgan fingerprint density at radius 2 is 1.91 bits per heavy atom. The van der Waals surface area contributed by atoms with Crippen molar-refractivity contribution in [2.75, 3.05) is 38.8 Å². The first-order chi connectivity index (χ1) is 16.7. The van der Waals surface area contributed by atoms with E-state index in [0.717, 1.165) is 5.52 Å². The van der Waals surface area contributed by atoms with Crippen molar-refractivity contribution in [1.29, 1.82) is 0 Å². The average Bonchev–Trinajstić information content (AvgIpc) is 3.34. The third-order valence-corrected chi connectivity index (χ3v) is 5.85. The minimum atomic E-state index is -4.76. The summed E-state index contributed by atoms with van der Waals surface area (Å²) in [6.07, 6.45) is -4.76. The number of hydrogen-bond acceptors (Lipinski definition) is 8. The molecular formula is C22H22F3N5O4S. The monoisotopic (exact) mass is 509 g/mol. The van der Waals surface area contributed by atoms with Crippen LogP contribution in [0.4, 0.5) is 24.3 Å². The zero-order valence-corrected chi connectivity index (χ0v) is 19.6. The molecule has 0 saturated heterocycles. The molecule has 0 bridgehead atoms. The van der Waals surface area contributed by atoms with Crippen molar-refractivity contribution < 1.29 is 32.2 Å². The number of imidazole rings is 1. The number of methoxy groups -OCH3 is 1. The van der Waals surface area contributed by atoms with Crippen LogP contribution in [0.5, 0.6) is 5.75 Å². The highest BCUT2D eigenvalue weighted by atomic mass is 32.1. The molecule has 0 saturated carbocycles. The van der Waals surface area contributed by atoms with Crippen LogP contribution < -0.4 is 15.4 Å². The zero-order valence-electron chi connectivity index (χ0n) is 18.8. The first-order valence-corrected chi connectivity index (χ1v) is 11.3. The Kier molecular flexibility index (Phi) is 7.38. The summed E-state index contributed by atoms with van der Waals surface area (Å²) in [5.74, 6) is -0.0874. The molecule has 0 aliphatic carbocycles. The van der Waals surface area contributed by atoms with Crippen LogP contribution in [0.3, 0.4) is 0 Å². The summed E-state index contributed by atoms with van der Waals surface area (Å²) >= 11 is 1.17. The number of aromatic nitrogens is 3. The van der Waals surface area contributed by atoms with Crippen LogP contribution in [0.25, 0.3) is 21.3 Å². The van der Waals surface area contributed by atoms with E-state index in [4.69, 9.17) is 9.47 Å². The number of amides is 1. The number of carbonyl (C=O) groups excluding carboxylic acids is 1. The van der Waals surface area contributed by atoms with Gasteiger partial charge in [-0.2, -0.15) is 0 Å². The SMILES string of the molecule is COCCOCCNC(=O)c1ccc2c(c1)nc(Nc1nc3ccc(OC(F)(F)F)cc3s1)n2C. The maximum absolute atomic E-state index is 12.5. The van der Waals surface area contributed by atoms with Gasteiger partial charge in [0.25, 0.3) is 5.91 Å². The summed E-state index contributed by atoms with van der Waals surface area (Å²) in [4.78, 5) is 21.4. The van der Waals surface area contributed by atoms with Crippen LogP contribution in [0, 0.1) is 0 Å². The summed E-state index contributed by atoms with van der Waals surface area (Å²) in [5, 5.41) is 6.34. The second kappa shape index (κ2) is 10.5. The van der Waals surface area contributed by atoms with E-state index in [1.54, 1.807) is 36.9 Å². The van der Waals surface area contributed by atoms with Gasteiger partial charge in [0, 0.05) is 32.3 Å². The van der Waals surface area contributed by atoms with Crippen LogP contribution in [0.2, 0.25) is 0 Å². The minimum absolute atomic E-state index is 0.245. The number of hydrogen-bond donors (Lipinski definition) is 2. The van der Waals surface area contributed by atoms with Crippen molar-refractivity contribution in [1.82, 2.24) is 19.9 Å². The number of fused-ring (bicyclic) bond motifs is 2. The molecule has 13 heteroatoms. The van der Waals surface area contributed by atoms with E-state index in [9.17, 15) is 18.0 Å². The molecule has 9 nitrogen and oxygen atoms in total. The molecular weight excluding hydrogens is 487 g/mol. The van der Waals surface area contributed by atoms with E-state index in [1.165, 1.54) is 29.5 Å². The van der Waals surface area contributed by atoms with Crippen molar-refractivity contribution in [2.45, 2.75) is 6.36 Å². The zero-order chi connectivity index (χ0) is 25.0.